The summed E-state index contributed by atoms with van der Waals surface area (Å²) in [5.74, 6) is -0.264. The zero-order valence-corrected chi connectivity index (χ0v) is 11.1. The standard InChI is InChI=1S/C11H13F3N2O3S/c12-11(13,14)7-15-20(18,19)16-6-2-4-8-3-1-5-9(17)10(8)16/h1,3,5,15,17H,2,4,6-7H2. The Morgan fingerprint density at radius 1 is 1.35 bits per heavy atom. The summed E-state index contributed by atoms with van der Waals surface area (Å²) in [4.78, 5) is 0. The molecule has 1 aliphatic rings. The van der Waals surface area contributed by atoms with Gasteiger partial charge in [0.05, 0.1) is 5.69 Å². The van der Waals surface area contributed by atoms with Crippen LogP contribution in [0.25, 0.3) is 0 Å². The highest BCUT2D eigenvalue weighted by atomic mass is 32.2. The molecule has 1 heterocycles. The fourth-order valence-electron chi connectivity index (χ4n) is 2.08. The van der Waals surface area contributed by atoms with E-state index in [-0.39, 0.29) is 18.0 Å². The minimum absolute atomic E-state index is 0.0256. The van der Waals surface area contributed by atoms with Crippen molar-refractivity contribution in [2.45, 2.75) is 19.0 Å². The number of para-hydroxylation sites is 1. The lowest BCUT2D eigenvalue weighted by Gasteiger charge is -2.31. The normalized spacial score (nSPS) is 16.1. The Morgan fingerprint density at radius 2 is 2.05 bits per heavy atom. The van der Waals surface area contributed by atoms with Gasteiger partial charge in [0, 0.05) is 6.54 Å². The Balaban J connectivity index is 2.31. The van der Waals surface area contributed by atoms with Crippen molar-refractivity contribution in [1.82, 2.24) is 4.72 Å². The summed E-state index contributed by atoms with van der Waals surface area (Å²) in [5, 5.41) is 9.76. The molecule has 0 aromatic heterocycles. The number of phenols is 1. The molecule has 9 heteroatoms. The number of aromatic hydroxyl groups is 1. The van der Waals surface area contributed by atoms with E-state index < -0.39 is 22.9 Å². The largest absolute Gasteiger partial charge is 0.506 e. The SMILES string of the molecule is O=S(=O)(NCC(F)(F)F)N1CCCc2cccc(O)c21. The summed E-state index contributed by atoms with van der Waals surface area (Å²) in [7, 11) is -4.35. The van der Waals surface area contributed by atoms with Crippen LogP contribution in [0.1, 0.15) is 12.0 Å². The van der Waals surface area contributed by atoms with Gasteiger partial charge >= 0.3 is 16.4 Å². The number of rotatable bonds is 3. The Bertz CT molecular complexity index is 601. The highest BCUT2D eigenvalue weighted by molar-refractivity contribution is 7.90. The van der Waals surface area contributed by atoms with Crippen molar-refractivity contribution in [3.8, 4) is 5.75 Å². The topological polar surface area (TPSA) is 69.6 Å². The van der Waals surface area contributed by atoms with Crippen molar-refractivity contribution in [3.63, 3.8) is 0 Å². The van der Waals surface area contributed by atoms with Gasteiger partial charge in [-0.05, 0) is 24.5 Å². The van der Waals surface area contributed by atoms with Gasteiger partial charge in [-0.1, -0.05) is 12.1 Å². The van der Waals surface area contributed by atoms with Crippen LogP contribution >= 0.6 is 0 Å². The van der Waals surface area contributed by atoms with Gasteiger partial charge in [0.25, 0.3) is 0 Å². The lowest BCUT2D eigenvalue weighted by molar-refractivity contribution is -0.121. The van der Waals surface area contributed by atoms with Crippen molar-refractivity contribution < 1.29 is 26.7 Å². The van der Waals surface area contributed by atoms with E-state index in [1.54, 1.807) is 12.1 Å². The molecule has 1 aromatic rings. The van der Waals surface area contributed by atoms with Crippen LogP contribution in [0.5, 0.6) is 5.75 Å². The number of hydrogen-bond acceptors (Lipinski definition) is 3. The summed E-state index contributed by atoms with van der Waals surface area (Å²) in [5.41, 5.74) is 0.641. The van der Waals surface area contributed by atoms with E-state index in [1.807, 2.05) is 0 Å². The molecule has 2 rings (SSSR count). The van der Waals surface area contributed by atoms with Gasteiger partial charge in [-0.25, -0.2) is 0 Å². The van der Waals surface area contributed by atoms with E-state index >= 15 is 0 Å². The molecule has 0 saturated carbocycles. The number of fused-ring (bicyclic) bond motifs is 1. The van der Waals surface area contributed by atoms with Crippen molar-refractivity contribution in [2.24, 2.45) is 0 Å². The van der Waals surface area contributed by atoms with E-state index in [1.165, 1.54) is 10.8 Å². The van der Waals surface area contributed by atoms with Crippen molar-refractivity contribution in [3.05, 3.63) is 23.8 Å². The zero-order chi connectivity index (χ0) is 15.0. The Kier molecular flexibility index (Phi) is 3.83. The van der Waals surface area contributed by atoms with Crippen LogP contribution in [0.2, 0.25) is 0 Å². The first-order valence-electron chi connectivity index (χ1n) is 5.86. The van der Waals surface area contributed by atoms with Gasteiger partial charge in [-0.2, -0.15) is 26.3 Å². The summed E-state index contributed by atoms with van der Waals surface area (Å²) in [6.07, 6.45) is -3.59. The van der Waals surface area contributed by atoms with Gasteiger partial charge in [0.2, 0.25) is 0 Å². The van der Waals surface area contributed by atoms with Crippen LogP contribution < -0.4 is 9.03 Å². The molecule has 1 aromatic carbocycles. The van der Waals surface area contributed by atoms with Gasteiger partial charge < -0.3 is 5.11 Å². The van der Waals surface area contributed by atoms with Crippen LogP contribution in [0.4, 0.5) is 18.9 Å². The van der Waals surface area contributed by atoms with Gasteiger partial charge in [-0.3, -0.25) is 4.31 Å². The lowest BCUT2D eigenvalue weighted by atomic mass is 10.0. The number of phenolic OH excluding ortho intramolecular Hbond substituents is 1. The van der Waals surface area contributed by atoms with E-state index in [2.05, 4.69) is 0 Å². The second kappa shape index (κ2) is 5.13. The average Bonchev–Trinajstić information content (AvgIpc) is 2.36. The zero-order valence-electron chi connectivity index (χ0n) is 10.3. The number of benzene rings is 1. The molecule has 0 radical (unpaired) electrons. The molecular weight excluding hydrogens is 297 g/mol. The van der Waals surface area contributed by atoms with Crippen LogP contribution in [0, 0.1) is 0 Å². The number of alkyl halides is 3. The first kappa shape index (κ1) is 14.9. The predicted molar refractivity (Wildman–Crippen MR) is 66.8 cm³/mol. The third-order valence-corrected chi connectivity index (χ3v) is 4.35. The molecule has 0 aliphatic carbocycles. The van der Waals surface area contributed by atoms with Crippen LogP contribution in [0.3, 0.4) is 0 Å². The monoisotopic (exact) mass is 310 g/mol. The maximum atomic E-state index is 12.1. The highest BCUT2D eigenvalue weighted by Gasteiger charge is 2.34. The van der Waals surface area contributed by atoms with Crippen LogP contribution in [-0.2, 0) is 16.6 Å². The van der Waals surface area contributed by atoms with Gasteiger partial charge in [-0.15, -0.1) is 0 Å². The molecule has 0 fully saturated rings. The molecule has 0 spiro atoms. The third-order valence-electron chi connectivity index (χ3n) is 2.90. The summed E-state index contributed by atoms with van der Waals surface area (Å²) in [6.45, 7) is -1.62. The van der Waals surface area contributed by atoms with E-state index in [4.69, 9.17) is 0 Å². The summed E-state index contributed by atoms with van der Waals surface area (Å²) >= 11 is 0. The first-order chi connectivity index (χ1) is 9.21. The molecular formula is C11H13F3N2O3S. The van der Waals surface area contributed by atoms with Crippen molar-refractivity contribution in [2.75, 3.05) is 17.4 Å². The number of anilines is 1. The molecule has 0 saturated heterocycles. The molecule has 0 atom stereocenters. The molecule has 0 amide bonds. The average molecular weight is 310 g/mol. The van der Waals surface area contributed by atoms with E-state index in [9.17, 15) is 26.7 Å². The minimum Gasteiger partial charge on any atom is -0.506 e. The molecule has 112 valence electrons. The minimum atomic E-state index is -4.63. The summed E-state index contributed by atoms with van der Waals surface area (Å²) < 4.78 is 62.6. The second-order valence-corrected chi connectivity index (χ2v) is 6.08. The Hall–Kier alpha value is -1.48. The molecule has 20 heavy (non-hydrogen) atoms. The van der Waals surface area contributed by atoms with Crippen LogP contribution in [-0.4, -0.2) is 32.8 Å². The quantitative estimate of drug-likeness (QED) is 0.890. The fourth-order valence-corrected chi connectivity index (χ4v) is 3.41. The second-order valence-electron chi connectivity index (χ2n) is 4.40. The lowest BCUT2D eigenvalue weighted by Crippen LogP contribution is -2.46. The van der Waals surface area contributed by atoms with E-state index in [0.29, 0.717) is 18.4 Å². The number of halogens is 3. The third kappa shape index (κ3) is 3.15. The number of hydrogen-bond donors (Lipinski definition) is 2. The van der Waals surface area contributed by atoms with Gasteiger partial charge in [0.15, 0.2) is 0 Å². The fraction of sp³-hybridized carbons (Fsp3) is 0.455. The molecule has 0 bridgehead atoms. The maximum Gasteiger partial charge on any atom is 0.402 e. The smallest absolute Gasteiger partial charge is 0.402 e. The number of nitrogens with one attached hydrogen (secondary N) is 1. The number of aryl methyl sites for hydroxylation is 1. The Labute approximate surface area is 114 Å². The summed E-state index contributed by atoms with van der Waals surface area (Å²) in [6, 6.07) is 4.50. The molecule has 0 unspecified atom stereocenters. The molecule has 5 nitrogen and oxygen atoms in total. The van der Waals surface area contributed by atoms with Crippen molar-refractivity contribution >= 4 is 15.9 Å². The Morgan fingerprint density at radius 3 is 2.70 bits per heavy atom. The maximum absolute atomic E-state index is 12.1. The number of nitrogens with zero attached hydrogens (tertiary/aromatic N) is 1. The first-order valence-corrected chi connectivity index (χ1v) is 7.30. The van der Waals surface area contributed by atoms with E-state index in [0.717, 1.165) is 4.31 Å². The molecule has 2 N–H and O–H groups in total. The van der Waals surface area contributed by atoms with Crippen molar-refractivity contribution in [1.29, 1.82) is 0 Å². The predicted octanol–water partition coefficient (Wildman–Crippen LogP) is 1.54. The highest BCUT2D eigenvalue weighted by Crippen LogP contribution is 2.36. The van der Waals surface area contributed by atoms with Crippen LogP contribution in [0.15, 0.2) is 18.2 Å². The van der Waals surface area contributed by atoms with Gasteiger partial charge in [0.1, 0.15) is 12.3 Å². The molecule has 1 aliphatic heterocycles.